The van der Waals surface area contributed by atoms with Crippen molar-refractivity contribution in [2.24, 2.45) is 0 Å². The summed E-state index contributed by atoms with van der Waals surface area (Å²) in [4.78, 5) is 8.34. The minimum Gasteiger partial charge on any atom is -0.508 e. The minimum absolute atomic E-state index is 0.172. The van der Waals surface area contributed by atoms with Crippen LogP contribution in [0, 0.1) is 0 Å². The zero-order valence-electron chi connectivity index (χ0n) is 12.1. The third kappa shape index (κ3) is 4.83. The van der Waals surface area contributed by atoms with E-state index in [-0.39, 0.29) is 11.8 Å². The van der Waals surface area contributed by atoms with Crippen LogP contribution in [0.3, 0.4) is 0 Å². The van der Waals surface area contributed by atoms with E-state index in [1.807, 2.05) is 13.8 Å². The molecule has 112 valence electrons. The van der Waals surface area contributed by atoms with E-state index in [4.69, 9.17) is 9.47 Å². The van der Waals surface area contributed by atoms with Crippen LogP contribution in [-0.2, 0) is 0 Å². The summed E-state index contributed by atoms with van der Waals surface area (Å²) in [6.07, 6.45) is 3.19. The van der Waals surface area contributed by atoms with Crippen LogP contribution in [0.15, 0.2) is 36.7 Å². The topological polar surface area (TPSA) is 76.5 Å². The van der Waals surface area contributed by atoms with Crippen molar-refractivity contribution in [2.75, 3.05) is 18.5 Å². The quantitative estimate of drug-likeness (QED) is 0.763. The van der Waals surface area contributed by atoms with Crippen LogP contribution < -0.4 is 14.8 Å². The molecule has 0 saturated carbocycles. The van der Waals surface area contributed by atoms with Crippen molar-refractivity contribution in [3.63, 3.8) is 0 Å². The molecule has 0 aliphatic heterocycles. The highest BCUT2D eigenvalue weighted by atomic mass is 16.5. The molecule has 6 heteroatoms. The Balaban J connectivity index is 1.83. The highest BCUT2D eigenvalue weighted by Crippen LogP contribution is 2.19. The first kappa shape index (κ1) is 14.9. The lowest BCUT2D eigenvalue weighted by Crippen LogP contribution is -2.15. The zero-order chi connectivity index (χ0) is 15.1. The van der Waals surface area contributed by atoms with Crippen LogP contribution >= 0.6 is 0 Å². The molecule has 0 amide bonds. The lowest BCUT2D eigenvalue weighted by Gasteiger charge is -2.13. The van der Waals surface area contributed by atoms with Gasteiger partial charge in [-0.15, -0.1) is 0 Å². The fourth-order valence-corrected chi connectivity index (χ4v) is 1.67. The Kier molecular flexibility index (Phi) is 5.20. The SMILES string of the molecule is CC(C)Nc1nccnc1OCCOc1cccc(O)c1. The average molecular weight is 289 g/mol. The molecule has 0 spiro atoms. The summed E-state index contributed by atoms with van der Waals surface area (Å²) in [6, 6.07) is 6.88. The summed E-state index contributed by atoms with van der Waals surface area (Å²) in [5, 5.41) is 12.5. The molecule has 6 nitrogen and oxygen atoms in total. The van der Waals surface area contributed by atoms with Gasteiger partial charge in [0.05, 0.1) is 0 Å². The van der Waals surface area contributed by atoms with E-state index in [0.29, 0.717) is 30.7 Å². The summed E-state index contributed by atoms with van der Waals surface area (Å²) >= 11 is 0. The Bertz CT molecular complexity index is 576. The van der Waals surface area contributed by atoms with Gasteiger partial charge in [0.1, 0.15) is 24.7 Å². The number of nitrogens with zero attached hydrogens (tertiary/aromatic N) is 2. The maximum atomic E-state index is 9.33. The lowest BCUT2D eigenvalue weighted by atomic mass is 10.3. The molecule has 0 saturated heterocycles. The number of rotatable bonds is 7. The van der Waals surface area contributed by atoms with Crippen LogP contribution in [0.2, 0.25) is 0 Å². The smallest absolute Gasteiger partial charge is 0.257 e. The first-order valence-electron chi connectivity index (χ1n) is 6.77. The molecular weight excluding hydrogens is 270 g/mol. The van der Waals surface area contributed by atoms with Gasteiger partial charge in [0.15, 0.2) is 5.82 Å². The largest absolute Gasteiger partial charge is 0.508 e. The number of anilines is 1. The van der Waals surface area contributed by atoms with E-state index in [0.717, 1.165) is 0 Å². The summed E-state index contributed by atoms with van der Waals surface area (Å²) in [7, 11) is 0. The summed E-state index contributed by atoms with van der Waals surface area (Å²) in [5.74, 6) is 1.83. The van der Waals surface area contributed by atoms with Gasteiger partial charge in [-0.1, -0.05) is 6.07 Å². The highest BCUT2D eigenvalue weighted by molar-refractivity contribution is 5.45. The van der Waals surface area contributed by atoms with Gasteiger partial charge in [0.25, 0.3) is 5.88 Å². The van der Waals surface area contributed by atoms with Crippen molar-refractivity contribution in [2.45, 2.75) is 19.9 Å². The standard InChI is InChI=1S/C15H19N3O3/c1-11(2)18-14-15(17-7-6-16-14)21-9-8-20-13-5-3-4-12(19)10-13/h3-7,10-11,19H,8-9H2,1-2H3,(H,16,18). The monoisotopic (exact) mass is 289 g/mol. The van der Waals surface area contributed by atoms with E-state index in [2.05, 4.69) is 15.3 Å². The molecule has 0 aliphatic carbocycles. The molecule has 1 aromatic carbocycles. The molecular formula is C15H19N3O3. The van der Waals surface area contributed by atoms with Crippen LogP contribution in [0.5, 0.6) is 17.4 Å². The van der Waals surface area contributed by atoms with Gasteiger partial charge in [0.2, 0.25) is 0 Å². The number of phenols is 1. The maximum Gasteiger partial charge on any atom is 0.257 e. The normalized spacial score (nSPS) is 10.4. The number of hydrogen-bond acceptors (Lipinski definition) is 6. The molecule has 0 unspecified atom stereocenters. The fraction of sp³-hybridized carbons (Fsp3) is 0.333. The second kappa shape index (κ2) is 7.33. The first-order chi connectivity index (χ1) is 10.1. The Morgan fingerprint density at radius 3 is 2.67 bits per heavy atom. The van der Waals surface area contributed by atoms with E-state index in [9.17, 15) is 5.11 Å². The van der Waals surface area contributed by atoms with Crippen molar-refractivity contribution in [3.8, 4) is 17.4 Å². The third-order valence-corrected chi connectivity index (χ3v) is 2.50. The van der Waals surface area contributed by atoms with Crippen LogP contribution in [0.1, 0.15) is 13.8 Å². The maximum absolute atomic E-state index is 9.33. The Hall–Kier alpha value is -2.50. The highest BCUT2D eigenvalue weighted by Gasteiger charge is 2.07. The molecule has 0 atom stereocenters. The molecule has 1 heterocycles. The number of phenolic OH excluding ortho intramolecular Hbond substituents is 1. The second-order valence-electron chi connectivity index (χ2n) is 4.70. The molecule has 2 rings (SSSR count). The number of benzene rings is 1. The van der Waals surface area contributed by atoms with Crippen molar-refractivity contribution in [3.05, 3.63) is 36.7 Å². The zero-order valence-corrected chi connectivity index (χ0v) is 12.1. The van der Waals surface area contributed by atoms with Gasteiger partial charge >= 0.3 is 0 Å². The molecule has 2 aromatic rings. The number of aromatic hydroxyl groups is 1. The summed E-state index contributed by atoms with van der Waals surface area (Å²) < 4.78 is 11.0. The Morgan fingerprint density at radius 2 is 1.90 bits per heavy atom. The summed E-state index contributed by atoms with van der Waals surface area (Å²) in [6.45, 7) is 4.72. The van der Waals surface area contributed by atoms with Gasteiger partial charge in [-0.25, -0.2) is 9.97 Å². The van der Waals surface area contributed by atoms with Gasteiger partial charge in [0, 0.05) is 24.5 Å². The van der Waals surface area contributed by atoms with Gasteiger partial charge in [-0.2, -0.15) is 0 Å². The first-order valence-corrected chi connectivity index (χ1v) is 6.77. The predicted molar refractivity (Wildman–Crippen MR) is 79.9 cm³/mol. The lowest BCUT2D eigenvalue weighted by molar-refractivity contribution is 0.211. The molecule has 0 fully saturated rings. The number of nitrogens with one attached hydrogen (secondary N) is 1. The van der Waals surface area contributed by atoms with E-state index in [1.54, 1.807) is 36.7 Å². The number of hydrogen-bond donors (Lipinski definition) is 2. The van der Waals surface area contributed by atoms with E-state index >= 15 is 0 Å². The fourth-order valence-electron chi connectivity index (χ4n) is 1.67. The van der Waals surface area contributed by atoms with Crippen LogP contribution in [0.25, 0.3) is 0 Å². The second-order valence-corrected chi connectivity index (χ2v) is 4.70. The Morgan fingerprint density at radius 1 is 1.14 bits per heavy atom. The number of aromatic nitrogens is 2. The van der Waals surface area contributed by atoms with E-state index < -0.39 is 0 Å². The molecule has 0 aliphatic rings. The van der Waals surface area contributed by atoms with Crippen molar-refractivity contribution < 1.29 is 14.6 Å². The van der Waals surface area contributed by atoms with Crippen LogP contribution in [-0.4, -0.2) is 34.3 Å². The van der Waals surface area contributed by atoms with Crippen molar-refractivity contribution in [1.82, 2.24) is 9.97 Å². The Labute approximate surface area is 123 Å². The molecule has 21 heavy (non-hydrogen) atoms. The predicted octanol–water partition coefficient (Wildman–Crippen LogP) is 2.46. The molecule has 1 aromatic heterocycles. The van der Waals surface area contributed by atoms with E-state index in [1.165, 1.54) is 0 Å². The van der Waals surface area contributed by atoms with Gasteiger partial charge in [-0.05, 0) is 26.0 Å². The minimum atomic E-state index is 0.172. The van der Waals surface area contributed by atoms with Gasteiger partial charge in [-0.3, -0.25) is 0 Å². The van der Waals surface area contributed by atoms with Crippen molar-refractivity contribution >= 4 is 5.82 Å². The molecule has 0 bridgehead atoms. The molecule has 0 radical (unpaired) electrons. The number of ether oxygens (including phenoxy) is 2. The average Bonchev–Trinajstić information content (AvgIpc) is 2.45. The van der Waals surface area contributed by atoms with Gasteiger partial charge < -0.3 is 19.9 Å². The molecule has 2 N–H and O–H groups in total. The van der Waals surface area contributed by atoms with Crippen molar-refractivity contribution in [1.29, 1.82) is 0 Å². The van der Waals surface area contributed by atoms with Crippen LogP contribution in [0.4, 0.5) is 5.82 Å². The third-order valence-electron chi connectivity index (χ3n) is 2.50. The summed E-state index contributed by atoms with van der Waals surface area (Å²) in [5.41, 5.74) is 0.